The van der Waals surface area contributed by atoms with E-state index in [1.54, 1.807) is 13.8 Å². The fourth-order valence-electron chi connectivity index (χ4n) is 1.10. The van der Waals surface area contributed by atoms with Crippen LogP contribution in [0.3, 0.4) is 0 Å². The molecule has 0 spiro atoms. The maximum absolute atomic E-state index is 11.8. The van der Waals surface area contributed by atoms with Crippen LogP contribution < -0.4 is 5.73 Å². The predicted molar refractivity (Wildman–Crippen MR) is 57.1 cm³/mol. The van der Waals surface area contributed by atoms with Gasteiger partial charge in [0, 0.05) is 6.04 Å². The van der Waals surface area contributed by atoms with E-state index in [9.17, 15) is 18.0 Å². The Bertz CT molecular complexity index is 305. The lowest BCUT2D eigenvalue weighted by atomic mass is 10.3. The summed E-state index contributed by atoms with van der Waals surface area (Å²) in [4.78, 5) is 12.7. The van der Waals surface area contributed by atoms with Crippen LogP contribution in [0.5, 0.6) is 0 Å². The molecule has 18 heavy (non-hydrogen) atoms. The second kappa shape index (κ2) is 7.04. The van der Waals surface area contributed by atoms with Gasteiger partial charge in [-0.05, 0) is 13.8 Å². The van der Waals surface area contributed by atoms with Gasteiger partial charge < -0.3 is 20.6 Å². The smallest absolute Gasteiger partial charge is 0.409 e. The molecule has 0 heterocycles. The van der Waals surface area contributed by atoms with Gasteiger partial charge in [0.15, 0.2) is 5.84 Å². The first-order valence-corrected chi connectivity index (χ1v) is 5.07. The van der Waals surface area contributed by atoms with E-state index in [-0.39, 0.29) is 18.4 Å². The fourth-order valence-corrected chi connectivity index (χ4v) is 1.10. The lowest BCUT2D eigenvalue weighted by molar-refractivity contribution is -0.178. The summed E-state index contributed by atoms with van der Waals surface area (Å²) in [5.41, 5.74) is 5.23. The number of carbonyl (C=O) groups is 1. The largest absolute Gasteiger partial charge is 0.411 e. The maximum atomic E-state index is 11.8. The summed E-state index contributed by atoms with van der Waals surface area (Å²) in [5, 5.41) is 11.1. The lowest BCUT2D eigenvalue weighted by Gasteiger charge is -2.26. The number of hydrogen-bond donors (Lipinski definition) is 2. The topological polar surface area (TPSA) is 88.1 Å². The summed E-state index contributed by atoms with van der Waals surface area (Å²) < 4.78 is 39.7. The average Bonchev–Trinajstić information content (AvgIpc) is 2.22. The molecule has 0 aliphatic rings. The first-order chi connectivity index (χ1) is 8.17. The van der Waals surface area contributed by atoms with Gasteiger partial charge in [-0.15, -0.1) is 0 Å². The van der Waals surface area contributed by atoms with Crippen molar-refractivity contribution in [2.75, 3.05) is 19.8 Å². The molecule has 6 nitrogen and oxygen atoms in total. The molecule has 0 aromatic carbocycles. The van der Waals surface area contributed by atoms with E-state index in [1.165, 1.54) is 0 Å². The molecular formula is C9H16F3N3O3. The normalized spacial score (nSPS) is 12.9. The molecule has 0 saturated heterocycles. The molecule has 0 saturated carbocycles. The molecule has 0 rings (SSSR count). The third-order valence-electron chi connectivity index (χ3n) is 1.90. The van der Waals surface area contributed by atoms with E-state index in [2.05, 4.69) is 9.89 Å². The van der Waals surface area contributed by atoms with Crippen molar-refractivity contribution in [3.8, 4) is 0 Å². The second-order valence-corrected chi connectivity index (χ2v) is 3.81. The Balaban J connectivity index is 4.32. The molecular weight excluding hydrogens is 255 g/mol. The van der Waals surface area contributed by atoms with Crippen LogP contribution in [-0.2, 0) is 9.53 Å². The van der Waals surface area contributed by atoms with Crippen LogP contribution in [0, 0.1) is 0 Å². The maximum Gasteiger partial charge on any atom is 0.411 e. The molecule has 0 aliphatic carbocycles. The van der Waals surface area contributed by atoms with Gasteiger partial charge in [-0.25, -0.2) is 0 Å². The standard InChI is InChI=1S/C9H16F3N3O3/c1-6(2)15(3-7(13)14-17)8(16)4-18-5-9(10,11)12/h6,17H,3-5H2,1-2H3,(H2,13,14). The van der Waals surface area contributed by atoms with Gasteiger partial charge in [0.2, 0.25) is 5.91 Å². The SMILES string of the molecule is CC(C)N(CC(N)=NO)C(=O)COCC(F)(F)F. The number of amidine groups is 1. The molecule has 0 aromatic heterocycles. The Morgan fingerprint density at radius 2 is 2.06 bits per heavy atom. The Morgan fingerprint density at radius 3 is 2.44 bits per heavy atom. The van der Waals surface area contributed by atoms with Gasteiger partial charge in [-0.3, -0.25) is 4.79 Å². The van der Waals surface area contributed by atoms with Crippen LogP contribution in [0.2, 0.25) is 0 Å². The molecule has 1 amide bonds. The van der Waals surface area contributed by atoms with Gasteiger partial charge in [-0.2, -0.15) is 13.2 Å². The lowest BCUT2D eigenvalue weighted by Crippen LogP contribution is -2.44. The van der Waals surface area contributed by atoms with E-state index in [1.807, 2.05) is 0 Å². The summed E-state index contributed by atoms with van der Waals surface area (Å²) >= 11 is 0. The molecule has 0 unspecified atom stereocenters. The Kier molecular flexibility index (Phi) is 6.45. The van der Waals surface area contributed by atoms with Crippen LogP contribution in [0.4, 0.5) is 13.2 Å². The minimum atomic E-state index is -4.48. The zero-order chi connectivity index (χ0) is 14.3. The number of nitrogens with zero attached hydrogens (tertiary/aromatic N) is 2. The molecule has 0 aliphatic heterocycles. The number of hydrogen-bond acceptors (Lipinski definition) is 4. The minimum absolute atomic E-state index is 0.178. The number of nitrogens with two attached hydrogens (primary N) is 1. The number of halogens is 3. The molecule has 0 radical (unpaired) electrons. The van der Waals surface area contributed by atoms with Crippen molar-refractivity contribution in [2.45, 2.75) is 26.1 Å². The molecule has 0 bridgehead atoms. The Morgan fingerprint density at radius 1 is 1.50 bits per heavy atom. The quantitative estimate of drug-likeness (QED) is 0.319. The molecule has 0 aromatic rings. The molecule has 106 valence electrons. The van der Waals surface area contributed by atoms with Crippen molar-refractivity contribution in [2.24, 2.45) is 10.9 Å². The van der Waals surface area contributed by atoms with Gasteiger partial charge in [0.05, 0.1) is 6.54 Å². The van der Waals surface area contributed by atoms with Crippen molar-refractivity contribution < 1.29 is 27.9 Å². The van der Waals surface area contributed by atoms with Gasteiger partial charge >= 0.3 is 6.18 Å². The van der Waals surface area contributed by atoms with Crippen LogP contribution in [0.25, 0.3) is 0 Å². The van der Waals surface area contributed by atoms with E-state index in [0.717, 1.165) is 4.90 Å². The van der Waals surface area contributed by atoms with Crippen LogP contribution in [-0.4, -0.2) is 53.8 Å². The van der Waals surface area contributed by atoms with Crippen molar-refractivity contribution in [3.63, 3.8) is 0 Å². The predicted octanol–water partition coefficient (Wildman–Crippen LogP) is 0.549. The number of rotatable bonds is 6. The van der Waals surface area contributed by atoms with Gasteiger partial charge in [0.1, 0.15) is 13.2 Å². The fraction of sp³-hybridized carbons (Fsp3) is 0.778. The first-order valence-electron chi connectivity index (χ1n) is 5.07. The summed E-state index contributed by atoms with van der Waals surface area (Å²) in [6.45, 7) is 0.908. The van der Waals surface area contributed by atoms with E-state index < -0.39 is 25.3 Å². The highest BCUT2D eigenvalue weighted by Crippen LogP contribution is 2.14. The molecule has 0 fully saturated rings. The van der Waals surface area contributed by atoms with Gasteiger partial charge in [-0.1, -0.05) is 5.16 Å². The van der Waals surface area contributed by atoms with Crippen molar-refractivity contribution in [3.05, 3.63) is 0 Å². The summed E-state index contributed by atoms with van der Waals surface area (Å²) in [5.74, 6) is -0.881. The second-order valence-electron chi connectivity index (χ2n) is 3.81. The molecule has 9 heteroatoms. The molecule has 0 atom stereocenters. The Labute approximate surface area is 102 Å². The Hall–Kier alpha value is -1.51. The highest BCUT2D eigenvalue weighted by atomic mass is 19.4. The van der Waals surface area contributed by atoms with E-state index in [0.29, 0.717) is 0 Å². The number of oxime groups is 1. The van der Waals surface area contributed by atoms with Crippen LogP contribution >= 0.6 is 0 Å². The number of alkyl halides is 3. The highest BCUT2D eigenvalue weighted by molar-refractivity contribution is 5.87. The van der Waals surface area contributed by atoms with Crippen molar-refractivity contribution in [1.82, 2.24) is 4.90 Å². The van der Waals surface area contributed by atoms with Crippen molar-refractivity contribution in [1.29, 1.82) is 0 Å². The molecule has 3 N–H and O–H groups in total. The van der Waals surface area contributed by atoms with E-state index in [4.69, 9.17) is 10.9 Å². The third-order valence-corrected chi connectivity index (χ3v) is 1.90. The average molecular weight is 271 g/mol. The number of carbonyl (C=O) groups excluding carboxylic acids is 1. The number of ether oxygens (including phenoxy) is 1. The van der Waals surface area contributed by atoms with E-state index >= 15 is 0 Å². The highest BCUT2D eigenvalue weighted by Gasteiger charge is 2.28. The van der Waals surface area contributed by atoms with Gasteiger partial charge in [0.25, 0.3) is 0 Å². The summed E-state index contributed by atoms with van der Waals surface area (Å²) in [6, 6.07) is -0.313. The summed E-state index contributed by atoms with van der Waals surface area (Å²) in [6.07, 6.45) is -4.48. The van der Waals surface area contributed by atoms with Crippen LogP contribution in [0.1, 0.15) is 13.8 Å². The number of amides is 1. The van der Waals surface area contributed by atoms with Crippen LogP contribution in [0.15, 0.2) is 5.16 Å². The first kappa shape index (κ1) is 16.5. The third kappa shape index (κ3) is 6.94. The minimum Gasteiger partial charge on any atom is -0.409 e. The van der Waals surface area contributed by atoms with Crippen molar-refractivity contribution >= 4 is 11.7 Å². The zero-order valence-corrected chi connectivity index (χ0v) is 10.1. The summed E-state index contributed by atoms with van der Waals surface area (Å²) in [7, 11) is 0. The zero-order valence-electron chi connectivity index (χ0n) is 10.1. The monoisotopic (exact) mass is 271 g/mol.